The van der Waals surface area contributed by atoms with Gasteiger partial charge in [0.05, 0.1) is 22.9 Å². The van der Waals surface area contributed by atoms with E-state index in [4.69, 9.17) is 21.1 Å². The van der Waals surface area contributed by atoms with Gasteiger partial charge in [0.15, 0.2) is 0 Å². The summed E-state index contributed by atoms with van der Waals surface area (Å²) in [5, 5.41) is 6.14. The monoisotopic (exact) mass is 568 g/mol. The predicted molar refractivity (Wildman–Crippen MR) is 160 cm³/mol. The first-order chi connectivity index (χ1) is 19.2. The third-order valence-corrected chi connectivity index (χ3v) is 8.05. The Hall–Kier alpha value is -3.20. The first kappa shape index (κ1) is 29.8. The lowest BCUT2D eigenvalue weighted by atomic mass is 9.88. The van der Waals surface area contributed by atoms with Crippen LogP contribution in [-0.4, -0.2) is 55.1 Å². The van der Waals surface area contributed by atoms with Gasteiger partial charge in [-0.25, -0.2) is 9.38 Å². The largest absolute Gasteiger partial charge is 0.486 e. The lowest BCUT2D eigenvalue weighted by Crippen LogP contribution is -2.42. The van der Waals surface area contributed by atoms with Crippen LogP contribution in [0.2, 0.25) is 5.02 Å². The van der Waals surface area contributed by atoms with Crippen molar-refractivity contribution in [1.29, 1.82) is 0 Å². The Balaban J connectivity index is 1.72. The maximum absolute atomic E-state index is 13.8. The molecule has 2 fully saturated rings. The number of carbonyl (C=O) groups excluding carboxylic acids is 1. The van der Waals surface area contributed by atoms with E-state index in [0.717, 1.165) is 49.9 Å². The van der Waals surface area contributed by atoms with Crippen molar-refractivity contribution >= 4 is 34.7 Å². The van der Waals surface area contributed by atoms with Gasteiger partial charge in [0, 0.05) is 37.0 Å². The average molecular weight is 569 g/mol. The molecule has 9 heteroatoms. The molecule has 2 unspecified atom stereocenters. The molecule has 40 heavy (non-hydrogen) atoms. The van der Waals surface area contributed by atoms with Crippen LogP contribution in [0.15, 0.2) is 60.8 Å². The Kier molecular flexibility index (Phi) is 9.66. The quantitative estimate of drug-likeness (QED) is 0.199. The van der Waals surface area contributed by atoms with Gasteiger partial charge < -0.3 is 25.0 Å². The van der Waals surface area contributed by atoms with E-state index in [1.165, 1.54) is 24.4 Å². The minimum atomic E-state index is -0.511. The Morgan fingerprint density at radius 2 is 2.05 bits per heavy atom. The number of ether oxygens (including phenoxy) is 2. The van der Waals surface area contributed by atoms with Crippen LogP contribution in [-0.2, 0) is 9.53 Å². The Bertz CT molecular complexity index is 1290. The van der Waals surface area contributed by atoms with Gasteiger partial charge in [-0.2, -0.15) is 0 Å². The number of benzene rings is 2. The second-order valence-electron chi connectivity index (χ2n) is 10.6. The normalized spacial score (nSPS) is 19.7. The first-order valence-electron chi connectivity index (χ1n) is 13.7. The fourth-order valence-corrected chi connectivity index (χ4v) is 5.39. The van der Waals surface area contributed by atoms with Gasteiger partial charge in [-0.1, -0.05) is 38.6 Å². The summed E-state index contributed by atoms with van der Waals surface area (Å²) >= 11 is 6.02. The Morgan fingerprint density at radius 3 is 2.70 bits per heavy atom. The third-order valence-electron chi connectivity index (χ3n) is 7.76. The molecule has 1 spiro atoms. The van der Waals surface area contributed by atoms with Crippen molar-refractivity contribution in [2.75, 3.05) is 37.4 Å². The molecule has 2 aromatic rings. The van der Waals surface area contributed by atoms with Gasteiger partial charge in [-0.15, -0.1) is 0 Å². The molecule has 2 aliphatic heterocycles. The highest BCUT2D eigenvalue weighted by Crippen LogP contribution is 2.40. The summed E-state index contributed by atoms with van der Waals surface area (Å²) in [5.41, 5.74) is 2.61. The highest BCUT2D eigenvalue weighted by atomic mass is 35.5. The summed E-state index contributed by atoms with van der Waals surface area (Å²) in [6.45, 7) is 14.1. The highest BCUT2D eigenvalue weighted by molar-refractivity contribution is 6.31. The van der Waals surface area contributed by atoms with Crippen molar-refractivity contribution in [3.05, 3.63) is 77.7 Å². The van der Waals surface area contributed by atoms with Crippen LogP contribution in [0.5, 0.6) is 5.75 Å². The number of halogens is 2. The number of carbonyl (C=O) groups is 1. The zero-order chi connectivity index (χ0) is 28.9. The van der Waals surface area contributed by atoms with Crippen molar-refractivity contribution < 1.29 is 18.7 Å². The minimum Gasteiger partial charge on any atom is -0.486 e. The van der Waals surface area contributed by atoms with E-state index < -0.39 is 5.82 Å². The van der Waals surface area contributed by atoms with Crippen LogP contribution >= 0.6 is 11.6 Å². The summed E-state index contributed by atoms with van der Waals surface area (Å²) in [7, 11) is 2.13. The van der Waals surface area contributed by atoms with Gasteiger partial charge in [-0.3, -0.25) is 4.79 Å². The predicted octanol–water partition coefficient (Wildman–Crippen LogP) is 6.75. The molecule has 0 aromatic heterocycles. The average Bonchev–Trinajstić information content (AvgIpc) is 3.34. The van der Waals surface area contributed by atoms with E-state index in [2.05, 4.69) is 54.6 Å². The highest BCUT2D eigenvalue weighted by Gasteiger charge is 2.43. The maximum Gasteiger partial charge on any atom is 0.247 e. The lowest BCUT2D eigenvalue weighted by molar-refractivity contribution is -0.111. The van der Waals surface area contributed by atoms with E-state index in [-0.39, 0.29) is 28.6 Å². The SMILES string of the molecule is C=CN=C(Nc1ccc(F)c(Cl)c1)c1cc(NC(=O)C=C)c(OC2COC3(CCN(C)CC3)C2)cc1C(C)CC. The Labute approximate surface area is 241 Å². The minimum absolute atomic E-state index is 0.00560. The van der Waals surface area contributed by atoms with Crippen molar-refractivity contribution in [1.82, 2.24) is 4.90 Å². The molecule has 2 N–H and O–H groups in total. The molecule has 2 atom stereocenters. The number of rotatable bonds is 9. The summed E-state index contributed by atoms with van der Waals surface area (Å²) in [6, 6.07) is 8.19. The van der Waals surface area contributed by atoms with Crippen LogP contribution in [0.1, 0.15) is 56.6 Å². The maximum atomic E-state index is 13.8. The fourth-order valence-electron chi connectivity index (χ4n) is 5.21. The molecule has 2 aliphatic rings. The van der Waals surface area contributed by atoms with Crippen molar-refractivity contribution in [3.8, 4) is 5.75 Å². The number of amidine groups is 1. The molecule has 2 aromatic carbocycles. The van der Waals surface area contributed by atoms with Crippen molar-refractivity contribution in [3.63, 3.8) is 0 Å². The zero-order valence-corrected chi connectivity index (χ0v) is 24.2. The molecule has 0 saturated carbocycles. The molecular formula is C31H38ClFN4O3. The number of amides is 1. The summed E-state index contributed by atoms with van der Waals surface area (Å²) in [5.74, 6) is 0.305. The van der Waals surface area contributed by atoms with Crippen LogP contribution in [0.3, 0.4) is 0 Å². The van der Waals surface area contributed by atoms with E-state index in [9.17, 15) is 9.18 Å². The number of likely N-dealkylation sites (tertiary alicyclic amines) is 1. The number of hydrogen-bond acceptors (Lipinski definition) is 5. The van der Waals surface area contributed by atoms with Gasteiger partial charge in [-0.05, 0) is 74.2 Å². The van der Waals surface area contributed by atoms with E-state index in [1.807, 2.05) is 12.1 Å². The number of nitrogens with zero attached hydrogens (tertiary/aromatic N) is 2. The topological polar surface area (TPSA) is 75.2 Å². The van der Waals surface area contributed by atoms with Crippen LogP contribution < -0.4 is 15.4 Å². The smallest absolute Gasteiger partial charge is 0.247 e. The first-order valence-corrected chi connectivity index (χ1v) is 14.1. The number of hydrogen-bond donors (Lipinski definition) is 2. The number of nitrogens with one attached hydrogen (secondary N) is 2. The summed E-state index contributed by atoms with van der Waals surface area (Å²) in [6.07, 6.45) is 6.11. The lowest BCUT2D eigenvalue weighted by Gasteiger charge is -2.36. The number of piperidine rings is 1. The molecular weight excluding hydrogens is 531 g/mol. The Morgan fingerprint density at radius 1 is 1.30 bits per heavy atom. The zero-order valence-electron chi connectivity index (χ0n) is 23.4. The standard InChI is InChI=1S/C31H38ClFN4O3/c1-6-20(4)23-17-28(40-22-18-31(39-19-22)11-13-37(5)14-12-31)27(36-29(38)7-2)16-24(23)30(34-8-3)35-21-9-10-26(33)25(32)15-21/h7-10,15-17,20,22H,2-3,6,11-14,18-19H2,1,4-5H3,(H,34,35)(H,36,38). The molecule has 2 saturated heterocycles. The summed E-state index contributed by atoms with van der Waals surface area (Å²) < 4.78 is 26.7. The van der Waals surface area contributed by atoms with Crippen molar-refractivity contribution in [2.45, 2.75) is 57.2 Å². The number of aliphatic imine (C=N–C) groups is 1. The molecule has 0 aliphatic carbocycles. The molecule has 7 nitrogen and oxygen atoms in total. The van der Waals surface area contributed by atoms with Gasteiger partial charge >= 0.3 is 0 Å². The molecule has 4 rings (SSSR count). The van der Waals surface area contributed by atoms with Gasteiger partial charge in [0.25, 0.3) is 0 Å². The van der Waals surface area contributed by atoms with Gasteiger partial charge in [0.1, 0.15) is 23.5 Å². The van der Waals surface area contributed by atoms with Gasteiger partial charge in [0.2, 0.25) is 5.91 Å². The van der Waals surface area contributed by atoms with E-state index in [1.54, 1.807) is 6.07 Å². The van der Waals surface area contributed by atoms with E-state index >= 15 is 0 Å². The van der Waals surface area contributed by atoms with Crippen molar-refractivity contribution in [2.24, 2.45) is 4.99 Å². The molecule has 0 radical (unpaired) electrons. The van der Waals surface area contributed by atoms with Crippen LogP contribution in [0.4, 0.5) is 15.8 Å². The second kappa shape index (κ2) is 13.0. The molecule has 2 heterocycles. The number of anilines is 2. The molecule has 0 bridgehead atoms. The summed E-state index contributed by atoms with van der Waals surface area (Å²) in [4.78, 5) is 19.3. The van der Waals surface area contributed by atoms with Crippen LogP contribution in [0, 0.1) is 5.82 Å². The fraction of sp³-hybridized carbons (Fsp3) is 0.419. The second-order valence-corrected chi connectivity index (χ2v) is 11.0. The molecule has 1 amide bonds. The van der Waals surface area contributed by atoms with E-state index in [0.29, 0.717) is 29.6 Å². The van der Waals surface area contributed by atoms with Crippen LogP contribution in [0.25, 0.3) is 0 Å². The molecule has 214 valence electrons. The third kappa shape index (κ3) is 6.92.